The average Bonchev–Trinajstić information content (AvgIpc) is 3.37. The highest BCUT2D eigenvalue weighted by Crippen LogP contribution is 2.41. The van der Waals surface area contributed by atoms with Crippen molar-refractivity contribution in [2.75, 3.05) is 17.2 Å². The predicted octanol–water partition coefficient (Wildman–Crippen LogP) is 0.359. The molecule has 2 aromatic rings. The summed E-state index contributed by atoms with van der Waals surface area (Å²) in [5.41, 5.74) is 7.32. The zero-order chi connectivity index (χ0) is 23.0. The van der Waals surface area contributed by atoms with E-state index in [1.54, 1.807) is 7.05 Å². The van der Waals surface area contributed by atoms with Gasteiger partial charge in [-0.1, -0.05) is 34.7 Å². The molecule has 2 aromatic heterocycles. The summed E-state index contributed by atoms with van der Waals surface area (Å²) >= 11 is 9.54. The molecule has 4 heterocycles. The van der Waals surface area contributed by atoms with Gasteiger partial charge in [0.05, 0.1) is 10.5 Å². The first-order valence-corrected chi connectivity index (χ1v) is 12.2. The third kappa shape index (κ3) is 4.07. The number of carboxylic acids is 1. The van der Waals surface area contributed by atoms with Gasteiger partial charge in [-0.15, -0.1) is 16.9 Å². The van der Waals surface area contributed by atoms with Crippen molar-refractivity contribution < 1.29 is 19.5 Å². The topological polar surface area (TPSA) is 169 Å². The average molecular weight is 515 g/mol. The molecule has 1 fully saturated rings. The van der Waals surface area contributed by atoms with Crippen LogP contribution in [0.4, 0.5) is 5.13 Å². The number of nitrogens with two attached hydrogens (primary N) is 1. The molecule has 0 spiro atoms. The molecule has 32 heavy (non-hydrogen) atoms. The number of aryl methyl sites for hydroxylation is 1. The fraction of sp³-hybridized carbons (Fsp3) is 0.312. The predicted molar refractivity (Wildman–Crippen MR) is 120 cm³/mol. The number of fused-ring (bicyclic) bond motifs is 1. The van der Waals surface area contributed by atoms with E-state index in [9.17, 15) is 19.5 Å². The Labute approximate surface area is 198 Å². The van der Waals surface area contributed by atoms with Crippen molar-refractivity contribution >= 4 is 74.9 Å². The molecular formula is C16H15ClN8O4S3. The number of nitrogens with one attached hydrogen (secondary N) is 1. The maximum absolute atomic E-state index is 12.8. The second-order valence-corrected chi connectivity index (χ2v) is 9.91. The molecule has 4 N–H and O–H groups in total. The number of tetrazole rings is 1. The number of carbonyl (C=O) groups excluding carboxylic acids is 2. The van der Waals surface area contributed by atoms with E-state index in [-0.39, 0.29) is 16.4 Å². The zero-order valence-corrected chi connectivity index (χ0v) is 19.5. The Bertz CT molecular complexity index is 1160. The quantitative estimate of drug-likeness (QED) is 0.265. The molecule has 0 aliphatic carbocycles. The van der Waals surface area contributed by atoms with Crippen LogP contribution in [0.2, 0.25) is 0 Å². The molecule has 16 heteroatoms. The Balaban J connectivity index is 1.48. The van der Waals surface area contributed by atoms with E-state index in [4.69, 9.17) is 17.3 Å². The summed E-state index contributed by atoms with van der Waals surface area (Å²) < 4.78 is 1.48. The van der Waals surface area contributed by atoms with Crippen molar-refractivity contribution in [3.05, 3.63) is 27.9 Å². The number of thioether (sulfide) groups is 2. The molecule has 2 amide bonds. The molecule has 0 radical (unpaired) electrons. The van der Waals surface area contributed by atoms with Crippen molar-refractivity contribution in [3.63, 3.8) is 0 Å². The van der Waals surface area contributed by atoms with E-state index in [0.29, 0.717) is 27.1 Å². The first-order valence-electron chi connectivity index (χ1n) is 8.90. The minimum atomic E-state index is -1.21. The molecule has 2 aliphatic heterocycles. The Morgan fingerprint density at radius 1 is 1.50 bits per heavy atom. The van der Waals surface area contributed by atoms with Crippen molar-refractivity contribution in [2.24, 2.45) is 7.05 Å². The number of aromatic nitrogens is 5. The largest absolute Gasteiger partial charge is 0.477 e. The number of amides is 2. The zero-order valence-electron chi connectivity index (χ0n) is 16.3. The van der Waals surface area contributed by atoms with Crippen LogP contribution in [0.5, 0.6) is 0 Å². The van der Waals surface area contributed by atoms with Crippen LogP contribution in [0.15, 0.2) is 28.2 Å². The van der Waals surface area contributed by atoms with Gasteiger partial charge in [0.2, 0.25) is 5.16 Å². The van der Waals surface area contributed by atoms with Gasteiger partial charge < -0.3 is 16.2 Å². The van der Waals surface area contributed by atoms with Gasteiger partial charge in [0.15, 0.2) is 5.13 Å². The van der Waals surface area contributed by atoms with Gasteiger partial charge >= 0.3 is 5.97 Å². The Kier molecular flexibility index (Phi) is 6.41. The number of nitrogens with zero attached hydrogens (tertiary/aromatic N) is 6. The number of rotatable bonds is 7. The molecule has 0 aromatic carbocycles. The van der Waals surface area contributed by atoms with Crippen LogP contribution in [0.1, 0.15) is 4.88 Å². The smallest absolute Gasteiger partial charge is 0.352 e. The number of halogens is 1. The molecule has 1 saturated heterocycles. The Morgan fingerprint density at radius 2 is 2.28 bits per heavy atom. The lowest BCUT2D eigenvalue weighted by Crippen LogP contribution is -2.70. The van der Waals surface area contributed by atoms with Crippen LogP contribution in [0, 0.1) is 0 Å². The van der Waals surface area contributed by atoms with Crippen LogP contribution in [0.3, 0.4) is 0 Å². The highest BCUT2D eigenvalue weighted by atomic mass is 35.5. The molecule has 4 rings (SSSR count). The molecule has 2 atom stereocenters. The molecule has 2 aliphatic rings. The summed E-state index contributed by atoms with van der Waals surface area (Å²) in [6.07, 6.45) is 1.42. The van der Waals surface area contributed by atoms with Crippen LogP contribution in [0.25, 0.3) is 5.57 Å². The molecule has 168 valence electrons. The Hall–Kier alpha value is -2.62. The number of anilines is 1. The third-order valence-corrected chi connectivity index (χ3v) is 8.15. The molecule has 0 bridgehead atoms. The van der Waals surface area contributed by atoms with Gasteiger partial charge in [0.25, 0.3) is 11.8 Å². The van der Waals surface area contributed by atoms with Gasteiger partial charge in [0, 0.05) is 30.3 Å². The second kappa shape index (κ2) is 9.09. The van der Waals surface area contributed by atoms with Crippen molar-refractivity contribution in [1.82, 2.24) is 35.4 Å². The number of carbonyl (C=O) groups is 3. The SMILES string of the molecule is Cn1nnnc1SCC1=C(C(=O)O)N2C(=O)C(NC(=O)C(=CCl)c3cnc(N)s3)[C@@H]2SC1. The van der Waals surface area contributed by atoms with Crippen LogP contribution in [-0.2, 0) is 21.4 Å². The molecular weight excluding hydrogens is 500 g/mol. The van der Waals surface area contributed by atoms with Gasteiger partial charge in [-0.05, 0) is 16.0 Å². The summed E-state index contributed by atoms with van der Waals surface area (Å²) in [6.45, 7) is 0. The number of aliphatic carboxylic acids is 1. The van der Waals surface area contributed by atoms with Gasteiger partial charge in [-0.2, -0.15) is 0 Å². The number of thiazole rings is 1. The maximum atomic E-state index is 12.8. The first kappa shape index (κ1) is 22.6. The van der Waals surface area contributed by atoms with E-state index in [0.717, 1.165) is 16.9 Å². The van der Waals surface area contributed by atoms with Gasteiger partial charge in [0.1, 0.15) is 17.1 Å². The van der Waals surface area contributed by atoms with E-state index in [1.165, 1.54) is 39.3 Å². The highest BCUT2D eigenvalue weighted by Gasteiger charge is 2.54. The first-order chi connectivity index (χ1) is 15.3. The lowest BCUT2D eigenvalue weighted by Gasteiger charge is -2.49. The number of hydrogen-bond acceptors (Lipinski definition) is 11. The number of carboxylic acid groups (broad SMARTS) is 1. The van der Waals surface area contributed by atoms with Gasteiger partial charge in [-0.3, -0.25) is 14.5 Å². The summed E-state index contributed by atoms with van der Waals surface area (Å²) in [5.74, 6) is -1.60. The van der Waals surface area contributed by atoms with Crippen LogP contribution < -0.4 is 11.1 Å². The minimum absolute atomic E-state index is 0.0739. The summed E-state index contributed by atoms with van der Waals surface area (Å²) in [4.78, 5) is 43.0. The lowest BCUT2D eigenvalue weighted by atomic mass is 10.0. The fourth-order valence-corrected chi connectivity index (χ4v) is 6.45. The van der Waals surface area contributed by atoms with E-state index in [1.807, 2.05) is 0 Å². The normalized spacial score (nSPS) is 20.8. The van der Waals surface area contributed by atoms with Crippen LogP contribution in [-0.4, -0.2) is 75.9 Å². The lowest BCUT2D eigenvalue weighted by molar-refractivity contribution is -0.150. The van der Waals surface area contributed by atoms with E-state index in [2.05, 4.69) is 25.8 Å². The summed E-state index contributed by atoms with van der Waals surface area (Å²) in [7, 11) is 1.68. The monoisotopic (exact) mass is 514 g/mol. The Morgan fingerprint density at radius 3 is 2.88 bits per heavy atom. The molecule has 1 unspecified atom stereocenters. The number of nitrogen functional groups attached to an aromatic ring is 1. The fourth-order valence-electron chi connectivity index (χ4n) is 3.14. The maximum Gasteiger partial charge on any atom is 0.352 e. The molecule has 0 saturated carbocycles. The van der Waals surface area contributed by atoms with Crippen molar-refractivity contribution in [2.45, 2.75) is 16.6 Å². The standard InChI is InChI=1S/C16H15ClN8O4S3/c1-24-16(21-22-23-24)31-5-6-4-30-13-9(12(27)25(13)10(6)14(28)29)20-11(26)7(2-17)8-3-19-15(18)32-8/h2-3,9,13H,4-5H2,1H3,(H2,18,19)(H,20,26)(H,28,29)/t9?,13-/m0/s1. The van der Waals surface area contributed by atoms with E-state index >= 15 is 0 Å². The number of hydrogen-bond donors (Lipinski definition) is 3. The minimum Gasteiger partial charge on any atom is -0.477 e. The molecule has 12 nitrogen and oxygen atoms in total. The summed E-state index contributed by atoms with van der Waals surface area (Å²) in [6, 6.07) is -0.879. The van der Waals surface area contributed by atoms with Gasteiger partial charge in [-0.25, -0.2) is 14.5 Å². The number of β-lactam (4-membered cyclic amide) rings is 1. The van der Waals surface area contributed by atoms with Crippen molar-refractivity contribution in [1.29, 1.82) is 0 Å². The summed E-state index contributed by atoms with van der Waals surface area (Å²) in [5, 5.41) is 23.8. The van der Waals surface area contributed by atoms with Crippen LogP contribution >= 0.6 is 46.5 Å². The van der Waals surface area contributed by atoms with Crippen molar-refractivity contribution in [3.8, 4) is 0 Å². The highest BCUT2D eigenvalue weighted by molar-refractivity contribution is 8.01. The second-order valence-electron chi connectivity index (χ2n) is 6.58. The third-order valence-electron chi connectivity index (χ3n) is 4.64. The van der Waals surface area contributed by atoms with E-state index < -0.39 is 29.2 Å².